The molecule has 0 unspecified atom stereocenters. The van der Waals surface area contributed by atoms with Gasteiger partial charge in [-0.3, -0.25) is 0 Å². The van der Waals surface area contributed by atoms with E-state index >= 15 is 0 Å². The van der Waals surface area contributed by atoms with Crippen LogP contribution < -0.4 is 4.74 Å². The fourth-order valence-electron chi connectivity index (χ4n) is 3.87. The summed E-state index contributed by atoms with van der Waals surface area (Å²) in [6.07, 6.45) is -4.82. The maximum atomic E-state index is 12.9. The molecule has 1 aliphatic heterocycles. The van der Waals surface area contributed by atoms with Crippen molar-refractivity contribution in [1.29, 1.82) is 0 Å². The van der Waals surface area contributed by atoms with Gasteiger partial charge in [-0.1, -0.05) is 30.3 Å². The zero-order valence-corrected chi connectivity index (χ0v) is 19.0. The zero-order chi connectivity index (χ0) is 24.2. The monoisotopic (exact) mass is 465 g/mol. The Labute approximate surface area is 192 Å². The lowest BCUT2D eigenvalue weighted by Crippen LogP contribution is -2.50. The van der Waals surface area contributed by atoms with Crippen molar-refractivity contribution in [3.05, 3.63) is 65.7 Å². The van der Waals surface area contributed by atoms with Crippen LogP contribution in [-0.2, 0) is 10.9 Å². The SMILES string of the molecule is CC(C)(C)OC(=O)N1CC[C@H](O)C[C@@H]1C[C@@H](Oc1ccc(C(F)(F)F)cc1)c1ccccc1. The van der Waals surface area contributed by atoms with Crippen molar-refractivity contribution in [3.8, 4) is 5.75 Å². The molecule has 1 saturated heterocycles. The molecule has 1 aliphatic rings. The number of hydrogen-bond acceptors (Lipinski definition) is 4. The second-order valence-corrected chi connectivity index (χ2v) is 9.28. The molecule has 0 aromatic heterocycles. The third-order valence-electron chi connectivity index (χ3n) is 5.43. The second-order valence-electron chi connectivity index (χ2n) is 9.28. The predicted molar refractivity (Wildman–Crippen MR) is 118 cm³/mol. The van der Waals surface area contributed by atoms with Gasteiger partial charge < -0.3 is 19.5 Å². The molecular weight excluding hydrogens is 435 g/mol. The fraction of sp³-hybridized carbons (Fsp3) is 0.480. The predicted octanol–water partition coefficient (Wildman–Crippen LogP) is 5.98. The standard InChI is InChI=1S/C25H30F3NO4/c1-24(2,3)33-23(31)29-14-13-20(30)15-19(29)16-22(17-7-5-4-6-8-17)32-21-11-9-18(10-12-21)25(26,27)28/h4-12,19-20,22,30H,13-16H2,1-3H3/t19-,20+,22-/m1/s1. The Morgan fingerprint density at radius 2 is 1.73 bits per heavy atom. The highest BCUT2D eigenvalue weighted by Crippen LogP contribution is 2.34. The molecule has 0 spiro atoms. The molecule has 33 heavy (non-hydrogen) atoms. The Morgan fingerprint density at radius 1 is 1.09 bits per heavy atom. The van der Waals surface area contributed by atoms with Gasteiger partial charge in [-0.15, -0.1) is 0 Å². The number of hydrogen-bond donors (Lipinski definition) is 1. The highest BCUT2D eigenvalue weighted by Gasteiger charge is 2.36. The number of piperidine rings is 1. The lowest BCUT2D eigenvalue weighted by atomic mass is 9.92. The lowest BCUT2D eigenvalue weighted by Gasteiger charge is -2.40. The molecule has 1 heterocycles. The van der Waals surface area contributed by atoms with Crippen molar-refractivity contribution in [2.45, 2.75) is 70.1 Å². The zero-order valence-electron chi connectivity index (χ0n) is 19.0. The molecule has 0 saturated carbocycles. The molecule has 8 heteroatoms. The van der Waals surface area contributed by atoms with Crippen LogP contribution in [-0.4, -0.2) is 40.4 Å². The molecular formula is C25H30F3NO4. The van der Waals surface area contributed by atoms with Crippen molar-refractivity contribution >= 4 is 6.09 Å². The van der Waals surface area contributed by atoms with E-state index < -0.39 is 35.6 Å². The molecule has 2 aromatic rings. The minimum absolute atomic E-state index is 0.289. The average molecular weight is 466 g/mol. The average Bonchev–Trinajstić information content (AvgIpc) is 2.72. The van der Waals surface area contributed by atoms with Gasteiger partial charge in [0.1, 0.15) is 17.5 Å². The highest BCUT2D eigenvalue weighted by molar-refractivity contribution is 5.68. The van der Waals surface area contributed by atoms with Crippen LogP contribution in [0.2, 0.25) is 0 Å². The minimum atomic E-state index is -4.43. The van der Waals surface area contributed by atoms with Crippen molar-refractivity contribution in [2.24, 2.45) is 0 Å². The van der Waals surface area contributed by atoms with Gasteiger partial charge in [-0.05, 0) is 63.4 Å². The summed E-state index contributed by atoms with van der Waals surface area (Å²) in [5, 5.41) is 10.3. The molecule has 0 bridgehead atoms. The largest absolute Gasteiger partial charge is 0.486 e. The molecule has 3 rings (SSSR count). The fourth-order valence-corrected chi connectivity index (χ4v) is 3.87. The summed E-state index contributed by atoms with van der Waals surface area (Å²) in [5.41, 5.74) is -0.591. The first kappa shape index (κ1) is 24.9. The van der Waals surface area contributed by atoms with E-state index in [2.05, 4.69) is 0 Å². The summed E-state index contributed by atoms with van der Waals surface area (Å²) in [6.45, 7) is 5.72. The Hall–Kier alpha value is -2.74. The van der Waals surface area contributed by atoms with Crippen LogP contribution in [0, 0.1) is 0 Å². The van der Waals surface area contributed by atoms with Crippen molar-refractivity contribution < 1.29 is 32.5 Å². The number of carbonyl (C=O) groups is 1. The third-order valence-corrected chi connectivity index (χ3v) is 5.43. The lowest BCUT2D eigenvalue weighted by molar-refractivity contribution is -0.137. The summed E-state index contributed by atoms with van der Waals surface area (Å²) < 4.78 is 50.4. The molecule has 1 N–H and O–H groups in total. The molecule has 5 nitrogen and oxygen atoms in total. The van der Waals surface area contributed by atoms with Crippen molar-refractivity contribution in [1.82, 2.24) is 4.90 Å². The number of nitrogens with zero attached hydrogens (tertiary/aromatic N) is 1. The van der Waals surface area contributed by atoms with Gasteiger partial charge in [0.25, 0.3) is 0 Å². The number of rotatable bonds is 5. The topological polar surface area (TPSA) is 59.0 Å². The quantitative estimate of drug-likeness (QED) is 0.591. The molecule has 1 fully saturated rings. The molecule has 0 aliphatic carbocycles. The smallest absolute Gasteiger partial charge is 0.416 e. The Bertz CT molecular complexity index is 910. The van der Waals surface area contributed by atoms with Crippen LogP contribution in [0.4, 0.5) is 18.0 Å². The number of aliphatic hydroxyl groups excluding tert-OH is 1. The van der Waals surface area contributed by atoms with Gasteiger partial charge in [-0.25, -0.2) is 4.79 Å². The number of halogens is 3. The summed E-state index contributed by atoms with van der Waals surface area (Å²) in [4.78, 5) is 14.4. The first-order valence-electron chi connectivity index (χ1n) is 11.0. The van der Waals surface area contributed by atoms with E-state index in [9.17, 15) is 23.1 Å². The Balaban J connectivity index is 1.83. The van der Waals surface area contributed by atoms with E-state index in [0.717, 1.165) is 17.7 Å². The molecule has 3 atom stereocenters. The maximum Gasteiger partial charge on any atom is 0.416 e. The highest BCUT2D eigenvalue weighted by atomic mass is 19.4. The first-order chi connectivity index (χ1) is 15.4. The summed E-state index contributed by atoms with van der Waals surface area (Å²) in [5.74, 6) is 0.289. The molecule has 1 amide bonds. The normalized spacial score (nSPS) is 20.3. The number of carbonyl (C=O) groups excluding carboxylic acids is 1. The van der Waals surface area contributed by atoms with Crippen LogP contribution in [0.25, 0.3) is 0 Å². The van der Waals surface area contributed by atoms with Crippen molar-refractivity contribution in [2.75, 3.05) is 6.54 Å². The van der Waals surface area contributed by atoms with Crippen LogP contribution >= 0.6 is 0 Å². The van der Waals surface area contributed by atoms with Gasteiger partial charge in [0.2, 0.25) is 0 Å². The number of ether oxygens (including phenoxy) is 2. The summed E-state index contributed by atoms with van der Waals surface area (Å²) in [7, 11) is 0. The summed E-state index contributed by atoms with van der Waals surface area (Å²) in [6, 6.07) is 13.5. The van der Waals surface area contributed by atoms with Gasteiger partial charge in [0, 0.05) is 19.0 Å². The Morgan fingerprint density at radius 3 is 2.30 bits per heavy atom. The minimum Gasteiger partial charge on any atom is -0.486 e. The third kappa shape index (κ3) is 7.12. The van der Waals surface area contributed by atoms with E-state index in [-0.39, 0.29) is 11.8 Å². The van der Waals surface area contributed by atoms with E-state index in [1.54, 1.807) is 25.7 Å². The summed E-state index contributed by atoms with van der Waals surface area (Å²) >= 11 is 0. The van der Waals surface area contributed by atoms with Crippen LogP contribution in [0.3, 0.4) is 0 Å². The molecule has 2 aromatic carbocycles. The molecule has 180 valence electrons. The van der Waals surface area contributed by atoms with Gasteiger partial charge in [0.05, 0.1) is 11.7 Å². The number of likely N-dealkylation sites (tertiary alicyclic amines) is 1. The van der Waals surface area contributed by atoms with E-state index in [1.165, 1.54) is 12.1 Å². The second kappa shape index (κ2) is 10.0. The number of amides is 1. The van der Waals surface area contributed by atoms with Crippen LogP contribution in [0.1, 0.15) is 57.3 Å². The van der Waals surface area contributed by atoms with Gasteiger partial charge >= 0.3 is 12.3 Å². The maximum absolute atomic E-state index is 12.9. The molecule has 0 radical (unpaired) electrons. The Kier molecular flexibility index (Phi) is 7.57. The van der Waals surface area contributed by atoms with Crippen molar-refractivity contribution in [3.63, 3.8) is 0 Å². The van der Waals surface area contributed by atoms with Crippen LogP contribution in [0.5, 0.6) is 5.75 Å². The first-order valence-corrected chi connectivity index (χ1v) is 11.0. The van der Waals surface area contributed by atoms with E-state index in [1.807, 2.05) is 30.3 Å². The number of alkyl halides is 3. The van der Waals surface area contributed by atoms with E-state index in [4.69, 9.17) is 9.47 Å². The van der Waals surface area contributed by atoms with Gasteiger partial charge in [0.15, 0.2) is 0 Å². The van der Waals surface area contributed by atoms with Crippen LogP contribution in [0.15, 0.2) is 54.6 Å². The van der Waals surface area contributed by atoms with E-state index in [0.29, 0.717) is 25.8 Å². The number of benzene rings is 2. The van der Waals surface area contributed by atoms with Gasteiger partial charge in [-0.2, -0.15) is 13.2 Å². The number of aliphatic hydroxyl groups is 1.